The van der Waals surface area contributed by atoms with Gasteiger partial charge in [0.05, 0.1) is 15.9 Å². The number of pyridine rings is 1. The van der Waals surface area contributed by atoms with Crippen molar-refractivity contribution in [3.8, 4) is 0 Å². The smallest absolute Gasteiger partial charge is 0.237 e. The molecule has 0 unspecified atom stereocenters. The zero-order chi connectivity index (χ0) is 15.5. The van der Waals surface area contributed by atoms with Crippen LogP contribution in [0.2, 0.25) is 0 Å². The second-order valence-electron chi connectivity index (χ2n) is 5.02. The molecule has 0 aliphatic rings. The number of anilines is 1. The Morgan fingerprint density at radius 1 is 1.33 bits per heavy atom. The van der Waals surface area contributed by atoms with Crippen molar-refractivity contribution in [1.29, 1.82) is 0 Å². The van der Waals surface area contributed by atoms with Gasteiger partial charge in [-0.15, -0.1) is 0 Å². The Kier molecular flexibility index (Phi) is 4.53. The maximum absolute atomic E-state index is 12.6. The summed E-state index contributed by atoms with van der Waals surface area (Å²) in [5.41, 5.74) is 6.62. The second kappa shape index (κ2) is 6.18. The van der Waals surface area contributed by atoms with Gasteiger partial charge in [-0.05, 0) is 37.1 Å². The van der Waals surface area contributed by atoms with Crippen LogP contribution in [0.1, 0.15) is 26.7 Å². The number of hydrogen-bond acceptors (Lipinski definition) is 3. The average Bonchev–Trinajstić information content (AvgIpc) is 2.48. The van der Waals surface area contributed by atoms with Crippen LogP contribution in [0.5, 0.6) is 0 Å². The van der Waals surface area contributed by atoms with Crippen LogP contribution in [-0.4, -0.2) is 15.9 Å². The van der Waals surface area contributed by atoms with Crippen LogP contribution in [0.3, 0.4) is 0 Å². The van der Waals surface area contributed by atoms with E-state index in [-0.39, 0.29) is 10.9 Å². The van der Waals surface area contributed by atoms with Crippen LogP contribution < -0.4 is 11.1 Å². The normalized spacial score (nSPS) is 11.3. The van der Waals surface area contributed by atoms with Gasteiger partial charge in [-0.2, -0.15) is 0 Å². The molecule has 5 heteroatoms. The minimum absolute atomic E-state index is 0.150. The largest absolute Gasteiger partial charge is 0.392 e. The highest BCUT2D eigenvalue weighted by Crippen LogP contribution is 2.29. The molecule has 2 rings (SSSR count). The molecule has 110 valence electrons. The number of amides is 1. The van der Waals surface area contributed by atoms with E-state index >= 15 is 0 Å². The molecule has 0 bridgehead atoms. The lowest BCUT2D eigenvalue weighted by atomic mass is 9.81. The van der Waals surface area contributed by atoms with Crippen molar-refractivity contribution < 1.29 is 4.79 Å². The van der Waals surface area contributed by atoms with E-state index in [0.29, 0.717) is 12.8 Å². The minimum Gasteiger partial charge on any atom is -0.392 e. The predicted octanol–water partition coefficient (Wildman–Crippen LogP) is 3.27. The van der Waals surface area contributed by atoms with Gasteiger partial charge in [0.25, 0.3) is 0 Å². The molecular weight excluding hydrogens is 282 g/mol. The third-order valence-corrected chi connectivity index (χ3v) is 4.37. The number of rotatable bonds is 5. The summed E-state index contributed by atoms with van der Waals surface area (Å²) in [5.74, 6) is -0.150. The lowest BCUT2D eigenvalue weighted by Crippen LogP contribution is -2.45. The Labute approximate surface area is 129 Å². The van der Waals surface area contributed by atoms with Gasteiger partial charge in [-0.25, -0.2) is 0 Å². The SMILES string of the molecule is CCC(CC)(C(=O)Nc1ccc2ncccc2c1)C(N)=S. The summed E-state index contributed by atoms with van der Waals surface area (Å²) in [6, 6.07) is 9.44. The van der Waals surface area contributed by atoms with Crippen molar-refractivity contribution in [3.63, 3.8) is 0 Å². The van der Waals surface area contributed by atoms with Crippen LogP contribution in [0.15, 0.2) is 36.5 Å². The lowest BCUT2D eigenvalue weighted by molar-refractivity contribution is -0.122. The van der Waals surface area contributed by atoms with Gasteiger partial charge in [-0.3, -0.25) is 9.78 Å². The number of fused-ring (bicyclic) bond motifs is 1. The molecule has 1 aromatic carbocycles. The van der Waals surface area contributed by atoms with Gasteiger partial charge in [0.2, 0.25) is 5.91 Å². The molecule has 1 aromatic heterocycles. The zero-order valence-electron chi connectivity index (χ0n) is 12.2. The number of nitrogens with one attached hydrogen (secondary N) is 1. The number of carbonyl (C=O) groups is 1. The highest BCUT2D eigenvalue weighted by molar-refractivity contribution is 7.80. The van der Waals surface area contributed by atoms with E-state index in [9.17, 15) is 4.79 Å². The maximum Gasteiger partial charge on any atom is 0.237 e. The Morgan fingerprint density at radius 2 is 2.05 bits per heavy atom. The molecule has 1 amide bonds. The number of nitrogens with zero attached hydrogens (tertiary/aromatic N) is 1. The summed E-state index contributed by atoms with van der Waals surface area (Å²) in [4.78, 5) is 17.1. The van der Waals surface area contributed by atoms with E-state index in [2.05, 4.69) is 10.3 Å². The van der Waals surface area contributed by atoms with Gasteiger partial charge in [0.15, 0.2) is 0 Å². The van der Waals surface area contributed by atoms with Crippen molar-refractivity contribution in [2.24, 2.45) is 11.1 Å². The quantitative estimate of drug-likeness (QED) is 0.832. The zero-order valence-corrected chi connectivity index (χ0v) is 13.0. The number of thiocarbonyl (C=S) groups is 1. The topological polar surface area (TPSA) is 68.0 Å². The number of aromatic nitrogens is 1. The Morgan fingerprint density at radius 3 is 2.67 bits per heavy atom. The van der Waals surface area contributed by atoms with Gasteiger partial charge in [0, 0.05) is 17.3 Å². The molecule has 0 spiro atoms. The maximum atomic E-state index is 12.6. The molecule has 0 aliphatic carbocycles. The Hall–Kier alpha value is -2.01. The van der Waals surface area contributed by atoms with Crippen LogP contribution in [0, 0.1) is 5.41 Å². The first-order valence-corrected chi connectivity index (χ1v) is 7.40. The van der Waals surface area contributed by atoms with Crippen molar-refractivity contribution in [3.05, 3.63) is 36.5 Å². The summed E-state index contributed by atoms with van der Waals surface area (Å²) in [6.45, 7) is 3.85. The predicted molar refractivity (Wildman–Crippen MR) is 90.2 cm³/mol. The lowest BCUT2D eigenvalue weighted by Gasteiger charge is -2.28. The fourth-order valence-electron chi connectivity index (χ4n) is 2.44. The van der Waals surface area contributed by atoms with E-state index in [1.54, 1.807) is 6.20 Å². The number of carbonyl (C=O) groups excluding carboxylic acids is 1. The molecule has 2 aromatic rings. The standard InChI is InChI=1S/C16H19N3OS/c1-3-16(4-2,14(17)21)15(20)19-12-7-8-13-11(10-12)6-5-9-18-13/h5-10H,3-4H2,1-2H3,(H2,17,21)(H,19,20). The van der Waals surface area contributed by atoms with E-state index in [4.69, 9.17) is 18.0 Å². The first kappa shape index (κ1) is 15.4. The van der Waals surface area contributed by atoms with E-state index in [0.717, 1.165) is 16.6 Å². The molecule has 0 fully saturated rings. The highest BCUT2D eigenvalue weighted by Gasteiger charge is 2.38. The van der Waals surface area contributed by atoms with Gasteiger partial charge >= 0.3 is 0 Å². The van der Waals surface area contributed by atoms with E-state index in [1.807, 2.05) is 44.2 Å². The van der Waals surface area contributed by atoms with Crippen LogP contribution in [0.4, 0.5) is 5.69 Å². The molecule has 0 saturated carbocycles. The highest BCUT2D eigenvalue weighted by atomic mass is 32.1. The third-order valence-electron chi connectivity index (χ3n) is 3.97. The van der Waals surface area contributed by atoms with E-state index in [1.165, 1.54) is 0 Å². The van der Waals surface area contributed by atoms with Crippen molar-refractivity contribution in [2.75, 3.05) is 5.32 Å². The molecule has 21 heavy (non-hydrogen) atoms. The van der Waals surface area contributed by atoms with Crippen LogP contribution in [-0.2, 0) is 4.79 Å². The molecule has 0 radical (unpaired) electrons. The molecule has 1 heterocycles. The monoisotopic (exact) mass is 301 g/mol. The van der Waals surface area contributed by atoms with Crippen molar-refractivity contribution >= 4 is 39.7 Å². The van der Waals surface area contributed by atoms with Gasteiger partial charge in [0.1, 0.15) is 0 Å². The molecule has 4 nitrogen and oxygen atoms in total. The van der Waals surface area contributed by atoms with E-state index < -0.39 is 5.41 Å². The number of benzene rings is 1. The first-order valence-electron chi connectivity index (χ1n) is 6.99. The summed E-state index contributed by atoms with van der Waals surface area (Å²) in [6.07, 6.45) is 2.91. The van der Waals surface area contributed by atoms with Crippen molar-refractivity contribution in [2.45, 2.75) is 26.7 Å². The number of hydrogen-bond donors (Lipinski definition) is 2. The van der Waals surface area contributed by atoms with Crippen LogP contribution >= 0.6 is 12.2 Å². The Bertz CT molecular complexity index is 680. The molecular formula is C16H19N3OS. The second-order valence-corrected chi connectivity index (χ2v) is 5.46. The molecule has 0 saturated heterocycles. The third kappa shape index (κ3) is 2.88. The summed E-state index contributed by atoms with van der Waals surface area (Å²) in [5, 5.41) is 3.90. The summed E-state index contributed by atoms with van der Waals surface area (Å²) in [7, 11) is 0. The minimum atomic E-state index is -0.792. The fraction of sp³-hybridized carbons (Fsp3) is 0.312. The van der Waals surface area contributed by atoms with Crippen LogP contribution in [0.25, 0.3) is 10.9 Å². The van der Waals surface area contributed by atoms with Crippen molar-refractivity contribution in [1.82, 2.24) is 4.98 Å². The average molecular weight is 301 g/mol. The first-order chi connectivity index (χ1) is 10.0. The molecule has 3 N–H and O–H groups in total. The molecule has 0 aliphatic heterocycles. The fourth-order valence-corrected chi connectivity index (χ4v) is 2.82. The summed E-state index contributed by atoms with van der Waals surface area (Å²) < 4.78 is 0. The van der Waals surface area contributed by atoms with Gasteiger partial charge < -0.3 is 11.1 Å². The molecule has 0 atom stereocenters. The van der Waals surface area contributed by atoms with Gasteiger partial charge in [-0.1, -0.05) is 32.1 Å². The Balaban J connectivity index is 2.30. The summed E-state index contributed by atoms with van der Waals surface area (Å²) >= 11 is 5.10. The number of nitrogens with two attached hydrogens (primary N) is 1.